The van der Waals surface area contributed by atoms with Gasteiger partial charge in [-0.2, -0.15) is 0 Å². The van der Waals surface area contributed by atoms with Crippen molar-refractivity contribution in [2.24, 2.45) is 5.73 Å². The minimum absolute atomic E-state index is 0.0680. The molecule has 1 atom stereocenters. The summed E-state index contributed by atoms with van der Waals surface area (Å²) in [5, 5.41) is 1.18. The third-order valence-corrected chi connectivity index (χ3v) is 6.05. The number of carbonyl (C=O) groups excluding carboxylic acids is 2. The van der Waals surface area contributed by atoms with Gasteiger partial charge in [-0.1, -0.05) is 42.5 Å². The van der Waals surface area contributed by atoms with Gasteiger partial charge in [-0.15, -0.1) is 0 Å². The number of aromatic amines is 1. The molecule has 0 saturated carbocycles. The molecule has 2 heterocycles. The number of rotatable bonds is 7. The molecule has 1 aliphatic carbocycles. The van der Waals surface area contributed by atoms with Crippen LogP contribution < -0.4 is 11.3 Å². The zero-order valence-electron chi connectivity index (χ0n) is 17.4. The highest BCUT2D eigenvalue weighted by Gasteiger charge is 2.32. The van der Waals surface area contributed by atoms with Gasteiger partial charge < -0.3 is 15.3 Å². The van der Waals surface area contributed by atoms with Gasteiger partial charge in [-0.25, -0.2) is 4.98 Å². The van der Waals surface area contributed by atoms with Crippen molar-refractivity contribution in [3.05, 3.63) is 88.2 Å². The fourth-order valence-electron chi connectivity index (χ4n) is 4.49. The first-order valence-corrected chi connectivity index (χ1v) is 10.6. The lowest BCUT2D eigenvalue weighted by Gasteiger charge is -2.15. The Morgan fingerprint density at radius 1 is 1.03 bits per heavy atom. The number of hydrogen-bond acceptors (Lipinski definition) is 5. The van der Waals surface area contributed by atoms with Gasteiger partial charge >= 0.3 is 0 Å². The predicted octanol–water partition coefficient (Wildman–Crippen LogP) is 2.86. The molecule has 2 aromatic carbocycles. The van der Waals surface area contributed by atoms with Crippen LogP contribution in [0.3, 0.4) is 0 Å². The van der Waals surface area contributed by atoms with Crippen molar-refractivity contribution < 1.29 is 9.59 Å². The highest BCUT2D eigenvalue weighted by atomic mass is 16.1. The van der Waals surface area contributed by atoms with Gasteiger partial charge in [0.25, 0.3) is 5.56 Å². The summed E-state index contributed by atoms with van der Waals surface area (Å²) in [6.07, 6.45) is 4.30. The Morgan fingerprint density at radius 2 is 1.75 bits per heavy atom. The minimum atomic E-state index is -0.628. The van der Waals surface area contributed by atoms with E-state index in [9.17, 15) is 14.4 Å². The fourth-order valence-corrected chi connectivity index (χ4v) is 4.49. The lowest BCUT2D eigenvalue weighted by molar-refractivity contribution is -0.120. The van der Waals surface area contributed by atoms with Crippen molar-refractivity contribution in [1.29, 1.82) is 0 Å². The lowest BCUT2D eigenvalue weighted by atomic mass is 10.0. The van der Waals surface area contributed by atoms with Gasteiger partial charge in [0.1, 0.15) is 5.78 Å². The van der Waals surface area contributed by atoms with Crippen molar-refractivity contribution in [2.45, 2.75) is 31.8 Å². The highest BCUT2D eigenvalue weighted by molar-refractivity contribution is 6.26. The van der Waals surface area contributed by atoms with Crippen molar-refractivity contribution >= 4 is 22.3 Å². The molecular weight excluding hydrogens is 404 g/mol. The van der Waals surface area contributed by atoms with E-state index in [1.807, 2.05) is 30.3 Å². The largest absolute Gasteiger partial charge is 0.348 e. The molecule has 5 rings (SSSR count). The number of aromatic nitrogens is 3. The van der Waals surface area contributed by atoms with Gasteiger partial charge in [0.05, 0.1) is 23.6 Å². The predicted molar refractivity (Wildman–Crippen MR) is 122 cm³/mol. The normalized spacial score (nSPS) is 13.2. The van der Waals surface area contributed by atoms with Gasteiger partial charge in [-0.05, 0) is 12.5 Å². The highest BCUT2D eigenvalue weighted by Crippen LogP contribution is 2.39. The van der Waals surface area contributed by atoms with Crippen LogP contribution in [-0.2, 0) is 17.8 Å². The SMILES string of the molecule is N[C@@H](Cc1cnc[nH]1)C(=O)CCCn1c2c(c3ccccc3c1=O)C(=O)c1ccccc1-2. The maximum Gasteiger partial charge on any atom is 0.258 e. The second-order valence-corrected chi connectivity index (χ2v) is 8.06. The first kappa shape index (κ1) is 20.1. The molecule has 7 nitrogen and oxygen atoms in total. The molecule has 0 bridgehead atoms. The third kappa shape index (κ3) is 3.27. The molecule has 0 fully saturated rings. The number of benzene rings is 2. The van der Waals surface area contributed by atoms with E-state index in [1.54, 1.807) is 35.3 Å². The number of fused-ring (bicyclic) bond motifs is 5. The molecule has 0 spiro atoms. The lowest BCUT2D eigenvalue weighted by Crippen LogP contribution is -2.33. The molecule has 0 saturated heterocycles. The number of nitrogens with one attached hydrogen (secondary N) is 1. The van der Waals surface area contributed by atoms with E-state index in [4.69, 9.17) is 5.73 Å². The Morgan fingerprint density at radius 3 is 2.50 bits per heavy atom. The number of hydrogen-bond donors (Lipinski definition) is 2. The summed E-state index contributed by atoms with van der Waals surface area (Å²) < 4.78 is 1.65. The Hall–Kier alpha value is -3.84. The van der Waals surface area contributed by atoms with Crippen LogP contribution >= 0.6 is 0 Å². The maximum atomic E-state index is 13.4. The zero-order chi connectivity index (χ0) is 22.2. The van der Waals surface area contributed by atoms with E-state index in [1.165, 1.54) is 0 Å². The Kier molecular flexibility index (Phi) is 5.03. The van der Waals surface area contributed by atoms with Gasteiger partial charge in [0, 0.05) is 53.2 Å². The number of carbonyl (C=O) groups is 2. The van der Waals surface area contributed by atoms with Crippen LogP contribution in [0.2, 0.25) is 0 Å². The Balaban J connectivity index is 1.46. The minimum Gasteiger partial charge on any atom is -0.348 e. The number of nitrogens with zero attached hydrogens (tertiary/aromatic N) is 2. The number of pyridine rings is 1. The average Bonchev–Trinajstić information content (AvgIpc) is 3.42. The molecule has 160 valence electrons. The molecule has 32 heavy (non-hydrogen) atoms. The van der Waals surface area contributed by atoms with Crippen LogP contribution in [0, 0.1) is 0 Å². The van der Waals surface area contributed by atoms with Gasteiger partial charge in [0.15, 0.2) is 5.78 Å². The van der Waals surface area contributed by atoms with Crippen LogP contribution in [0.25, 0.3) is 22.0 Å². The first-order chi connectivity index (χ1) is 15.6. The van der Waals surface area contributed by atoms with Crippen LogP contribution in [0.5, 0.6) is 0 Å². The van der Waals surface area contributed by atoms with Crippen molar-refractivity contribution in [2.75, 3.05) is 0 Å². The van der Waals surface area contributed by atoms with Crippen LogP contribution in [-0.4, -0.2) is 32.1 Å². The first-order valence-electron chi connectivity index (χ1n) is 10.6. The summed E-state index contributed by atoms with van der Waals surface area (Å²) in [5.74, 6) is -0.139. The van der Waals surface area contributed by atoms with Crippen molar-refractivity contribution in [3.8, 4) is 11.3 Å². The van der Waals surface area contributed by atoms with E-state index in [-0.39, 0.29) is 23.5 Å². The fraction of sp³-hybridized carbons (Fsp3) is 0.200. The summed E-state index contributed by atoms with van der Waals surface area (Å²) in [6.45, 7) is 0.329. The molecule has 3 N–H and O–H groups in total. The summed E-state index contributed by atoms with van der Waals surface area (Å²) in [6, 6.07) is 13.9. The third-order valence-electron chi connectivity index (χ3n) is 6.05. The van der Waals surface area contributed by atoms with E-state index in [0.29, 0.717) is 47.0 Å². The van der Waals surface area contributed by atoms with Crippen molar-refractivity contribution in [3.63, 3.8) is 0 Å². The topological polar surface area (TPSA) is 111 Å². The molecule has 0 aliphatic heterocycles. The quantitative estimate of drug-likeness (QED) is 0.416. The second kappa shape index (κ2) is 8.01. The molecular formula is C25H22N4O3. The second-order valence-electron chi connectivity index (χ2n) is 8.06. The number of Topliss-reactive ketones (excluding diaryl/α,β-unsaturated/α-hetero) is 1. The molecule has 0 amide bonds. The van der Waals surface area contributed by atoms with E-state index in [0.717, 1.165) is 11.3 Å². The van der Waals surface area contributed by atoms with Gasteiger partial charge in [-0.3, -0.25) is 14.4 Å². The molecule has 7 heteroatoms. The van der Waals surface area contributed by atoms with E-state index in [2.05, 4.69) is 9.97 Å². The molecule has 0 unspecified atom stereocenters. The molecule has 2 aromatic heterocycles. The monoisotopic (exact) mass is 426 g/mol. The van der Waals surface area contributed by atoms with E-state index < -0.39 is 6.04 Å². The summed E-state index contributed by atoms with van der Waals surface area (Å²) >= 11 is 0. The molecule has 0 radical (unpaired) electrons. The van der Waals surface area contributed by atoms with E-state index >= 15 is 0 Å². The standard InChI is InChI=1S/C25H22N4O3/c26-20(12-15-13-27-14-28-15)21(30)10-5-11-29-23-17-7-2-3-8-18(17)24(31)22(23)16-6-1-4-9-19(16)25(29)32/h1-4,6-9,13-14,20H,5,10-12,26H2,(H,27,28)/t20-/m0/s1. The average molecular weight is 426 g/mol. The summed E-state index contributed by atoms with van der Waals surface area (Å²) in [5.41, 5.74) is 9.27. The molecule has 4 aromatic rings. The van der Waals surface area contributed by atoms with Gasteiger partial charge in [0.2, 0.25) is 0 Å². The zero-order valence-corrected chi connectivity index (χ0v) is 17.4. The van der Waals surface area contributed by atoms with Crippen molar-refractivity contribution in [1.82, 2.24) is 14.5 Å². The van der Waals surface area contributed by atoms with Crippen LogP contribution in [0.1, 0.15) is 34.5 Å². The summed E-state index contributed by atoms with van der Waals surface area (Å²) in [7, 11) is 0. The number of ketones is 2. The summed E-state index contributed by atoms with van der Waals surface area (Å²) in [4.78, 5) is 46.0. The smallest absolute Gasteiger partial charge is 0.258 e. The Bertz CT molecular complexity index is 1400. The maximum absolute atomic E-state index is 13.4. The molecule has 1 aliphatic rings. The van der Waals surface area contributed by atoms with Crippen LogP contribution in [0.4, 0.5) is 0 Å². The Labute approximate surface area is 183 Å². The van der Waals surface area contributed by atoms with Crippen LogP contribution in [0.15, 0.2) is 65.8 Å². The number of imidazole rings is 1. The number of nitrogens with two attached hydrogens (primary N) is 1. The number of H-pyrrole nitrogens is 1.